The van der Waals surface area contributed by atoms with Gasteiger partial charge in [-0.25, -0.2) is 0 Å². The van der Waals surface area contributed by atoms with E-state index in [1.165, 1.54) is 39.0 Å². The van der Waals surface area contributed by atoms with E-state index in [0.29, 0.717) is 0 Å². The van der Waals surface area contributed by atoms with E-state index in [1.807, 2.05) is 24.5 Å². The Morgan fingerprint density at radius 2 is 1.07 bits per heavy atom. The molecule has 1 aromatic heterocycles. The molecule has 0 saturated heterocycles. The monoisotopic (exact) mass is 539 g/mol. The number of hydrogen-bond donors (Lipinski definition) is 0. The highest BCUT2D eigenvalue weighted by Gasteiger charge is 2.29. The lowest BCUT2D eigenvalue weighted by Gasteiger charge is -2.29. The fourth-order valence-electron chi connectivity index (χ4n) is 5.99. The Morgan fingerprint density at radius 1 is 0.571 bits per heavy atom. The highest BCUT2D eigenvalue weighted by Crippen LogP contribution is 2.53. The van der Waals surface area contributed by atoms with E-state index in [9.17, 15) is 0 Å². The molecule has 0 saturated carbocycles. The van der Waals surface area contributed by atoms with Crippen molar-refractivity contribution >= 4 is 11.1 Å². The van der Waals surface area contributed by atoms with E-state index in [0.717, 1.165) is 40.7 Å². The molecule has 1 aliphatic carbocycles. The Labute approximate surface area is 249 Å². The lowest BCUT2D eigenvalue weighted by molar-refractivity contribution is 1.04. The molecule has 0 amide bonds. The molecule has 0 N–H and O–H groups in total. The van der Waals surface area contributed by atoms with Crippen LogP contribution in [0, 0.1) is 0 Å². The van der Waals surface area contributed by atoms with Crippen LogP contribution in [0.2, 0.25) is 0 Å². The molecule has 0 spiro atoms. The maximum Gasteiger partial charge on any atom is 0.0273 e. The quantitative estimate of drug-likeness (QED) is 0.179. The van der Waals surface area contributed by atoms with E-state index < -0.39 is 0 Å². The number of pyridine rings is 1. The van der Waals surface area contributed by atoms with E-state index in [4.69, 9.17) is 0 Å². The molecular formula is C41H33N. The summed E-state index contributed by atoms with van der Waals surface area (Å²) in [6.45, 7) is 8.39. The van der Waals surface area contributed by atoms with Crippen molar-refractivity contribution in [2.24, 2.45) is 0 Å². The summed E-state index contributed by atoms with van der Waals surface area (Å²) in [5.74, 6) is 0. The van der Waals surface area contributed by atoms with Gasteiger partial charge >= 0.3 is 0 Å². The zero-order valence-corrected chi connectivity index (χ0v) is 23.7. The fraction of sp³-hybridized carbons (Fsp3) is 0.0488. The van der Waals surface area contributed by atoms with Crippen LogP contribution in [-0.4, -0.2) is 4.98 Å². The van der Waals surface area contributed by atoms with Gasteiger partial charge in [-0.2, -0.15) is 0 Å². The summed E-state index contributed by atoms with van der Waals surface area (Å²) in [4.78, 5) is 4.40. The summed E-state index contributed by atoms with van der Waals surface area (Å²) >= 11 is 0. The van der Waals surface area contributed by atoms with Crippen LogP contribution < -0.4 is 0 Å². The van der Waals surface area contributed by atoms with Gasteiger partial charge < -0.3 is 0 Å². The molecule has 42 heavy (non-hydrogen) atoms. The second kappa shape index (κ2) is 12.5. The van der Waals surface area contributed by atoms with Crippen LogP contribution in [-0.2, 0) is 0 Å². The molecule has 5 aromatic rings. The average molecular weight is 540 g/mol. The van der Waals surface area contributed by atoms with Crippen LogP contribution in [0.3, 0.4) is 0 Å². The van der Waals surface area contributed by atoms with Gasteiger partial charge in [0.25, 0.3) is 0 Å². The Bertz CT molecular complexity index is 1810. The Balaban J connectivity index is 1.97. The zero-order chi connectivity index (χ0) is 28.7. The number of aromatic nitrogens is 1. The van der Waals surface area contributed by atoms with Crippen molar-refractivity contribution in [2.75, 3.05) is 0 Å². The van der Waals surface area contributed by atoms with Crippen LogP contribution in [0.4, 0.5) is 0 Å². The first-order valence-electron chi connectivity index (χ1n) is 14.4. The second-order valence-corrected chi connectivity index (χ2v) is 10.3. The first-order valence-corrected chi connectivity index (χ1v) is 14.4. The van der Waals surface area contributed by atoms with Crippen LogP contribution >= 0.6 is 0 Å². The summed E-state index contributed by atoms with van der Waals surface area (Å²) < 4.78 is 0. The van der Waals surface area contributed by atoms with Crippen molar-refractivity contribution in [1.82, 2.24) is 4.98 Å². The normalized spacial score (nSPS) is 13.0. The molecule has 6 rings (SSSR count). The SMILES string of the molecule is C=C/C=C(\C=C)c1c(C2=CCCC=C2)c(-c2ccccc2)c(-c2ccncc2)c(-c2ccccc2)c1-c1ccccc1. The standard InChI is InChI=1S/C41H33N/c1-3-17-30(4-2)36-37(31-18-9-5-10-19-31)39(33-22-13-7-14-23-33)41(35-26-28-42-29-27-35)40(34-24-15-8-16-25-34)38(36)32-20-11-6-12-21-32/h3-5,7-11,13-29H,1-2,6,12H2/b30-17+. The first kappa shape index (κ1) is 26.9. The molecule has 0 radical (unpaired) electrons. The Morgan fingerprint density at radius 3 is 1.57 bits per heavy atom. The number of rotatable bonds is 8. The number of hydrogen-bond acceptors (Lipinski definition) is 1. The Hall–Kier alpha value is -5.27. The number of nitrogens with zero attached hydrogens (tertiary/aromatic N) is 1. The highest BCUT2D eigenvalue weighted by atomic mass is 14.6. The van der Waals surface area contributed by atoms with Gasteiger partial charge in [0.2, 0.25) is 0 Å². The molecule has 0 unspecified atom stereocenters. The van der Waals surface area contributed by atoms with E-state index >= 15 is 0 Å². The van der Waals surface area contributed by atoms with Crippen molar-refractivity contribution in [2.45, 2.75) is 12.8 Å². The van der Waals surface area contributed by atoms with E-state index in [1.54, 1.807) is 0 Å². The predicted molar refractivity (Wildman–Crippen MR) is 181 cm³/mol. The smallest absolute Gasteiger partial charge is 0.0273 e. The lowest BCUT2D eigenvalue weighted by atomic mass is 9.73. The van der Waals surface area contributed by atoms with Gasteiger partial charge in [0, 0.05) is 12.4 Å². The molecule has 1 heteroatoms. The summed E-state index contributed by atoms with van der Waals surface area (Å²) in [6.07, 6.45) is 18.7. The predicted octanol–water partition coefficient (Wildman–Crippen LogP) is 11.2. The topological polar surface area (TPSA) is 12.9 Å². The van der Waals surface area contributed by atoms with Crippen molar-refractivity contribution in [3.05, 3.63) is 176 Å². The summed E-state index contributed by atoms with van der Waals surface area (Å²) in [7, 11) is 0. The van der Waals surface area contributed by atoms with E-state index in [-0.39, 0.29) is 0 Å². The van der Waals surface area contributed by atoms with Gasteiger partial charge in [-0.1, -0.05) is 141 Å². The van der Waals surface area contributed by atoms with Crippen molar-refractivity contribution < 1.29 is 0 Å². The third-order valence-electron chi connectivity index (χ3n) is 7.75. The molecule has 0 atom stereocenters. The van der Waals surface area contributed by atoms with Gasteiger partial charge in [-0.15, -0.1) is 0 Å². The summed E-state index contributed by atoms with van der Waals surface area (Å²) in [5, 5.41) is 0. The maximum absolute atomic E-state index is 4.40. The molecule has 1 nitrogen and oxygen atoms in total. The van der Waals surface area contributed by atoms with Gasteiger partial charge in [-0.3, -0.25) is 4.98 Å². The van der Waals surface area contributed by atoms with Crippen LogP contribution in [0.5, 0.6) is 0 Å². The van der Waals surface area contributed by atoms with Gasteiger partial charge in [0.05, 0.1) is 0 Å². The summed E-state index contributed by atoms with van der Waals surface area (Å²) in [6, 6.07) is 36.6. The fourth-order valence-corrected chi connectivity index (χ4v) is 5.99. The molecular weight excluding hydrogens is 506 g/mol. The minimum Gasteiger partial charge on any atom is -0.265 e. The van der Waals surface area contributed by atoms with Gasteiger partial charge in [-0.05, 0) is 91.8 Å². The maximum atomic E-state index is 4.40. The third kappa shape index (κ3) is 5.13. The van der Waals surface area contributed by atoms with Crippen molar-refractivity contribution in [1.29, 1.82) is 0 Å². The molecule has 202 valence electrons. The second-order valence-electron chi connectivity index (χ2n) is 10.3. The Kier molecular flexibility index (Phi) is 8.01. The van der Waals surface area contributed by atoms with Gasteiger partial charge in [0.15, 0.2) is 0 Å². The zero-order valence-electron chi connectivity index (χ0n) is 23.7. The van der Waals surface area contributed by atoms with Crippen LogP contribution in [0.1, 0.15) is 24.0 Å². The highest BCUT2D eigenvalue weighted by molar-refractivity contribution is 6.12. The van der Waals surface area contributed by atoms with Crippen LogP contribution in [0.15, 0.2) is 165 Å². The molecule has 1 heterocycles. The van der Waals surface area contributed by atoms with Crippen molar-refractivity contribution in [3.8, 4) is 44.5 Å². The summed E-state index contributed by atoms with van der Waals surface area (Å²) in [5.41, 5.74) is 14.0. The molecule has 4 aromatic carbocycles. The molecule has 0 bridgehead atoms. The third-order valence-corrected chi connectivity index (χ3v) is 7.75. The molecule has 0 aliphatic heterocycles. The van der Waals surface area contributed by atoms with Gasteiger partial charge in [0.1, 0.15) is 0 Å². The minimum absolute atomic E-state index is 1.000. The van der Waals surface area contributed by atoms with E-state index in [2.05, 4.69) is 146 Å². The lowest BCUT2D eigenvalue weighted by Crippen LogP contribution is -2.06. The molecule has 0 fully saturated rings. The van der Waals surface area contributed by atoms with Crippen LogP contribution in [0.25, 0.3) is 55.7 Å². The number of allylic oxidation sites excluding steroid dienone is 8. The first-order chi connectivity index (χ1) is 20.8. The van der Waals surface area contributed by atoms with Crippen molar-refractivity contribution in [3.63, 3.8) is 0 Å². The average Bonchev–Trinajstić information content (AvgIpc) is 3.08. The molecule has 1 aliphatic rings. The largest absolute Gasteiger partial charge is 0.265 e. The number of benzene rings is 4. The minimum atomic E-state index is 1.000.